The lowest BCUT2D eigenvalue weighted by atomic mass is 10.2. The van der Waals surface area contributed by atoms with Gasteiger partial charge in [0.25, 0.3) is 5.91 Å². The summed E-state index contributed by atoms with van der Waals surface area (Å²) in [5, 5.41) is 1.23. The van der Waals surface area contributed by atoms with Crippen LogP contribution in [0, 0.1) is 12.7 Å². The lowest BCUT2D eigenvalue weighted by Gasteiger charge is -2.20. The van der Waals surface area contributed by atoms with E-state index in [0.29, 0.717) is 5.56 Å². The summed E-state index contributed by atoms with van der Waals surface area (Å²) in [6, 6.07) is 19.7. The number of hydrogen-bond acceptors (Lipinski definition) is 3. The van der Waals surface area contributed by atoms with Crippen molar-refractivity contribution in [3.63, 3.8) is 0 Å². The number of amides is 1. The Labute approximate surface area is 157 Å². The molecule has 0 aliphatic rings. The van der Waals surface area contributed by atoms with Crippen molar-refractivity contribution in [1.29, 1.82) is 0 Å². The van der Waals surface area contributed by atoms with E-state index in [-0.39, 0.29) is 10.5 Å². The summed E-state index contributed by atoms with van der Waals surface area (Å²) in [4.78, 5) is 12.7. The molecule has 27 heavy (non-hydrogen) atoms. The van der Waals surface area contributed by atoms with Gasteiger partial charge in [0.2, 0.25) is 9.84 Å². The van der Waals surface area contributed by atoms with Gasteiger partial charge >= 0.3 is 0 Å². The molecule has 138 valence electrons. The van der Waals surface area contributed by atoms with Crippen LogP contribution in [0.1, 0.15) is 26.9 Å². The number of nitrogens with one attached hydrogen (secondary N) is 1. The van der Waals surface area contributed by atoms with Crippen molar-refractivity contribution < 1.29 is 17.6 Å². The van der Waals surface area contributed by atoms with Gasteiger partial charge in [-0.2, -0.15) is 0 Å². The average molecular weight is 383 g/mol. The molecule has 4 nitrogen and oxygen atoms in total. The van der Waals surface area contributed by atoms with Gasteiger partial charge in [-0.1, -0.05) is 48.0 Å². The van der Waals surface area contributed by atoms with Gasteiger partial charge in [-0.3, -0.25) is 4.79 Å². The largest absolute Gasteiger partial charge is 0.331 e. The fourth-order valence-electron chi connectivity index (χ4n) is 2.63. The third kappa shape index (κ3) is 4.23. The smallest absolute Gasteiger partial charge is 0.252 e. The Morgan fingerprint density at radius 3 is 2.07 bits per heavy atom. The summed E-state index contributed by atoms with van der Waals surface area (Å²) in [5.41, 5.74) is 1.53. The van der Waals surface area contributed by atoms with Crippen LogP contribution in [0.5, 0.6) is 0 Å². The van der Waals surface area contributed by atoms with E-state index < -0.39 is 26.9 Å². The molecule has 1 atom stereocenters. The predicted molar refractivity (Wildman–Crippen MR) is 101 cm³/mol. The Morgan fingerprint density at radius 1 is 0.889 bits per heavy atom. The highest BCUT2D eigenvalue weighted by molar-refractivity contribution is 7.91. The third-order valence-corrected chi connectivity index (χ3v) is 6.07. The highest BCUT2D eigenvalue weighted by Gasteiger charge is 2.31. The van der Waals surface area contributed by atoms with Gasteiger partial charge in [-0.15, -0.1) is 0 Å². The summed E-state index contributed by atoms with van der Waals surface area (Å²) < 4.78 is 39.7. The third-order valence-electron chi connectivity index (χ3n) is 4.13. The van der Waals surface area contributed by atoms with Crippen LogP contribution in [0.25, 0.3) is 0 Å². The molecule has 3 rings (SSSR count). The number of benzene rings is 3. The van der Waals surface area contributed by atoms with Crippen molar-refractivity contribution in [3.8, 4) is 0 Å². The highest BCUT2D eigenvalue weighted by Crippen LogP contribution is 2.27. The van der Waals surface area contributed by atoms with E-state index in [9.17, 15) is 17.6 Å². The zero-order valence-electron chi connectivity index (χ0n) is 14.6. The number of rotatable bonds is 5. The van der Waals surface area contributed by atoms with Gasteiger partial charge < -0.3 is 5.32 Å². The SMILES string of the molecule is Cc1ccc(S(=O)(=O)C(NC(=O)c2ccccc2)c2ccc(F)cc2)cc1. The quantitative estimate of drug-likeness (QED) is 0.723. The number of carbonyl (C=O) groups excluding carboxylic acids is 1. The lowest BCUT2D eigenvalue weighted by molar-refractivity contribution is 0.0948. The van der Waals surface area contributed by atoms with Gasteiger partial charge in [-0.25, -0.2) is 12.8 Å². The van der Waals surface area contributed by atoms with Crippen LogP contribution in [0.2, 0.25) is 0 Å². The topological polar surface area (TPSA) is 63.2 Å². The normalized spacial score (nSPS) is 12.4. The molecule has 0 aliphatic heterocycles. The van der Waals surface area contributed by atoms with Crippen LogP contribution in [-0.2, 0) is 9.84 Å². The zero-order valence-corrected chi connectivity index (χ0v) is 15.4. The molecular weight excluding hydrogens is 365 g/mol. The Hall–Kier alpha value is -2.99. The van der Waals surface area contributed by atoms with Gasteiger partial charge in [-0.05, 0) is 48.9 Å². The van der Waals surface area contributed by atoms with Crippen LogP contribution < -0.4 is 5.32 Å². The zero-order chi connectivity index (χ0) is 19.4. The second-order valence-electron chi connectivity index (χ2n) is 6.13. The maximum absolute atomic E-state index is 13.3. The molecule has 0 bridgehead atoms. The number of sulfone groups is 1. The maximum atomic E-state index is 13.3. The van der Waals surface area contributed by atoms with Crippen molar-refractivity contribution >= 4 is 15.7 Å². The molecular formula is C21H18FNO3S. The molecule has 3 aromatic carbocycles. The standard InChI is InChI=1S/C21H18FNO3S/c1-15-7-13-19(14-8-15)27(25,26)21(17-9-11-18(22)12-10-17)23-20(24)16-5-3-2-4-6-16/h2-14,21H,1H3,(H,23,24). The van der Waals surface area contributed by atoms with Crippen molar-refractivity contribution in [2.45, 2.75) is 17.2 Å². The number of hydrogen-bond donors (Lipinski definition) is 1. The van der Waals surface area contributed by atoms with Gasteiger partial charge in [0.15, 0.2) is 5.37 Å². The summed E-state index contributed by atoms with van der Waals surface area (Å²) in [6.45, 7) is 1.85. The van der Waals surface area contributed by atoms with Crippen molar-refractivity contribution in [3.05, 3.63) is 101 Å². The first kappa shape index (κ1) is 18.8. The van der Waals surface area contributed by atoms with Crippen LogP contribution in [0.15, 0.2) is 83.8 Å². The molecule has 1 unspecified atom stereocenters. The van der Waals surface area contributed by atoms with E-state index in [0.717, 1.165) is 5.56 Å². The summed E-state index contributed by atoms with van der Waals surface area (Å²) in [6.07, 6.45) is 0. The average Bonchev–Trinajstić information content (AvgIpc) is 2.68. The van der Waals surface area contributed by atoms with Gasteiger partial charge in [0, 0.05) is 5.56 Å². The minimum absolute atomic E-state index is 0.0794. The molecule has 0 radical (unpaired) electrons. The van der Waals surface area contributed by atoms with E-state index >= 15 is 0 Å². The first-order chi connectivity index (χ1) is 12.9. The maximum Gasteiger partial charge on any atom is 0.252 e. The minimum Gasteiger partial charge on any atom is -0.331 e. The molecule has 6 heteroatoms. The van der Waals surface area contributed by atoms with E-state index in [1.54, 1.807) is 42.5 Å². The van der Waals surface area contributed by atoms with E-state index in [4.69, 9.17) is 0 Å². The van der Waals surface area contributed by atoms with Crippen molar-refractivity contribution in [2.24, 2.45) is 0 Å². The molecule has 1 N–H and O–H groups in total. The van der Waals surface area contributed by atoms with E-state index in [1.165, 1.54) is 36.4 Å². The van der Waals surface area contributed by atoms with Crippen molar-refractivity contribution in [1.82, 2.24) is 5.32 Å². The molecule has 0 saturated carbocycles. The van der Waals surface area contributed by atoms with Crippen LogP contribution >= 0.6 is 0 Å². The van der Waals surface area contributed by atoms with Crippen LogP contribution in [0.4, 0.5) is 4.39 Å². The number of aryl methyl sites for hydroxylation is 1. The second-order valence-corrected chi connectivity index (χ2v) is 8.16. The Balaban J connectivity index is 2.03. The molecule has 0 heterocycles. The van der Waals surface area contributed by atoms with Crippen LogP contribution in [-0.4, -0.2) is 14.3 Å². The van der Waals surface area contributed by atoms with Crippen LogP contribution in [0.3, 0.4) is 0 Å². The van der Waals surface area contributed by atoms with Gasteiger partial charge in [0.05, 0.1) is 4.90 Å². The molecule has 0 saturated heterocycles. The summed E-state index contributed by atoms with van der Waals surface area (Å²) in [5.74, 6) is -1.01. The first-order valence-corrected chi connectivity index (χ1v) is 9.84. The summed E-state index contributed by atoms with van der Waals surface area (Å²) >= 11 is 0. The highest BCUT2D eigenvalue weighted by atomic mass is 32.2. The molecule has 3 aromatic rings. The summed E-state index contributed by atoms with van der Waals surface area (Å²) in [7, 11) is -3.94. The minimum atomic E-state index is -3.94. The fourth-order valence-corrected chi connectivity index (χ4v) is 4.20. The molecule has 0 aromatic heterocycles. The monoisotopic (exact) mass is 383 g/mol. The first-order valence-electron chi connectivity index (χ1n) is 8.30. The molecule has 0 fully saturated rings. The Morgan fingerprint density at radius 2 is 1.48 bits per heavy atom. The predicted octanol–water partition coefficient (Wildman–Crippen LogP) is 4.04. The van der Waals surface area contributed by atoms with Gasteiger partial charge in [0.1, 0.15) is 5.82 Å². The Kier molecular flexibility index (Phi) is 5.37. The second kappa shape index (κ2) is 7.72. The fraction of sp³-hybridized carbons (Fsp3) is 0.0952. The van der Waals surface area contributed by atoms with E-state index in [2.05, 4.69) is 5.32 Å². The molecule has 0 spiro atoms. The van der Waals surface area contributed by atoms with E-state index in [1.807, 2.05) is 6.92 Å². The Bertz CT molecular complexity index is 1030. The number of halogens is 1. The number of carbonyl (C=O) groups is 1. The molecule has 0 aliphatic carbocycles. The van der Waals surface area contributed by atoms with Crippen molar-refractivity contribution in [2.75, 3.05) is 0 Å². The molecule has 1 amide bonds. The lowest BCUT2D eigenvalue weighted by Crippen LogP contribution is -2.34.